The number of carbonyl (C=O) groups is 3. The van der Waals surface area contributed by atoms with Crippen molar-refractivity contribution in [2.75, 3.05) is 6.54 Å². The molecule has 0 aromatic heterocycles. The number of hydrogen-bond donors (Lipinski definition) is 3. The van der Waals surface area contributed by atoms with E-state index in [2.05, 4.69) is 10.6 Å². The van der Waals surface area contributed by atoms with Gasteiger partial charge < -0.3 is 15.7 Å². The van der Waals surface area contributed by atoms with Gasteiger partial charge in [-0.25, -0.2) is 0 Å². The predicted octanol–water partition coefficient (Wildman–Crippen LogP) is -0.118. The van der Waals surface area contributed by atoms with E-state index in [0.717, 1.165) is 12.8 Å². The van der Waals surface area contributed by atoms with Gasteiger partial charge in [-0.1, -0.05) is 12.8 Å². The van der Waals surface area contributed by atoms with Crippen LogP contribution in [-0.4, -0.2) is 35.5 Å². The Morgan fingerprint density at radius 2 is 1.89 bits per heavy atom. The zero-order valence-corrected chi connectivity index (χ0v) is 10.1. The van der Waals surface area contributed by atoms with Crippen LogP contribution in [0, 0.1) is 11.8 Å². The molecule has 100 valence electrons. The van der Waals surface area contributed by atoms with E-state index in [1.807, 2.05) is 0 Å². The maximum absolute atomic E-state index is 12.1. The quantitative estimate of drug-likeness (QED) is 0.654. The topological polar surface area (TPSA) is 95.5 Å². The summed E-state index contributed by atoms with van der Waals surface area (Å²) in [5.74, 6) is -2.21. The van der Waals surface area contributed by atoms with E-state index >= 15 is 0 Å². The lowest BCUT2D eigenvalue weighted by Crippen LogP contribution is -2.44. The molecule has 18 heavy (non-hydrogen) atoms. The first kappa shape index (κ1) is 12.9. The molecular formula is C12H18N2O4. The molecule has 0 bridgehead atoms. The molecule has 3 N–H and O–H groups in total. The molecule has 2 rings (SSSR count). The van der Waals surface area contributed by atoms with Crippen LogP contribution >= 0.6 is 0 Å². The van der Waals surface area contributed by atoms with Crippen molar-refractivity contribution in [2.24, 2.45) is 11.8 Å². The van der Waals surface area contributed by atoms with Crippen molar-refractivity contribution in [3.05, 3.63) is 0 Å². The second kappa shape index (κ2) is 5.37. The van der Waals surface area contributed by atoms with Crippen LogP contribution in [0.4, 0.5) is 0 Å². The average Bonchev–Trinajstić information content (AvgIpc) is 2.74. The number of carbonyl (C=O) groups excluding carboxylic acids is 2. The Morgan fingerprint density at radius 3 is 2.44 bits per heavy atom. The molecule has 1 saturated carbocycles. The van der Waals surface area contributed by atoms with Crippen LogP contribution in [0.5, 0.6) is 0 Å². The van der Waals surface area contributed by atoms with E-state index in [-0.39, 0.29) is 24.3 Å². The van der Waals surface area contributed by atoms with Gasteiger partial charge in [-0.05, 0) is 12.8 Å². The summed E-state index contributed by atoms with van der Waals surface area (Å²) in [5, 5.41) is 14.5. The third-order valence-corrected chi connectivity index (χ3v) is 3.74. The number of aliphatic carboxylic acids is 1. The molecule has 0 aromatic carbocycles. The van der Waals surface area contributed by atoms with Gasteiger partial charge in [-0.2, -0.15) is 0 Å². The number of carboxylic acid groups (broad SMARTS) is 1. The maximum Gasteiger partial charge on any atom is 0.307 e. The largest absolute Gasteiger partial charge is 0.481 e. The fourth-order valence-electron chi connectivity index (χ4n) is 2.76. The van der Waals surface area contributed by atoms with E-state index < -0.39 is 17.8 Å². The second-order valence-electron chi connectivity index (χ2n) is 5.05. The van der Waals surface area contributed by atoms with E-state index in [9.17, 15) is 14.4 Å². The minimum Gasteiger partial charge on any atom is -0.481 e. The molecule has 0 radical (unpaired) electrons. The molecular weight excluding hydrogens is 236 g/mol. The summed E-state index contributed by atoms with van der Waals surface area (Å²) in [6, 6.07) is -0.193. The minimum absolute atomic E-state index is 0.0706. The summed E-state index contributed by atoms with van der Waals surface area (Å²) >= 11 is 0. The molecule has 1 unspecified atom stereocenters. The first-order valence-corrected chi connectivity index (χ1v) is 6.38. The fourth-order valence-corrected chi connectivity index (χ4v) is 2.76. The molecule has 1 heterocycles. The van der Waals surface area contributed by atoms with Gasteiger partial charge >= 0.3 is 5.97 Å². The van der Waals surface area contributed by atoms with E-state index in [0.29, 0.717) is 19.4 Å². The molecule has 6 nitrogen and oxygen atoms in total. The van der Waals surface area contributed by atoms with Crippen molar-refractivity contribution in [2.45, 2.75) is 38.1 Å². The maximum atomic E-state index is 12.1. The highest BCUT2D eigenvalue weighted by atomic mass is 16.4. The van der Waals surface area contributed by atoms with Gasteiger partial charge in [-0.3, -0.25) is 14.4 Å². The van der Waals surface area contributed by atoms with Crippen molar-refractivity contribution in [1.82, 2.24) is 10.6 Å². The van der Waals surface area contributed by atoms with Crippen molar-refractivity contribution < 1.29 is 19.5 Å². The molecule has 2 amide bonds. The van der Waals surface area contributed by atoms with E-state index in [1.54, 1.807) is 0 Å². The minimum atomic E-state index is -0.893. The van der Waals surface area contributed by atoms with Crippen LogP contribution in [0.1, 0.15) is 32.1 Å². The monoisotopic (exact) mass is 254 g/mol. The van der Waals surface area contributed by atoms with Crippen LogP contribution in [0.2, 0.25) is 0 Å². The second-order valence-corrected chi connectivity index (χ2v) is 5.05. The molecule has 0 aromatic rings. The van der Waals surface area contributed by atoms with Crippen LogP contribution in [0.3, 0.4) is 0 Å². The van der Waals surface area contributed by atoms with Crippen LogP contribution < -0.4 is 10.6 Å². The Balaban J connectivity index is 1.94. The summed E-state index contributed by atoms with van der Waals surface area (Å²) in [5.41, 5.74) is 0. The van der Waals surface area contributed by atoms with Crippen molar-refractivity contribution in [3.8, 4) is 0 Å². The highest BCUT2D eigenvalue weighted by Crippen LogP contribution is 2.30. The lowest BCUT2D eigenvalue weighted by atomic mass is 9.78. The van der Waals surface area contributed by atoms with Gasteiger partial charge in [0.25, 0.3) is 0 Å². The summed E-state index contributed by atoms with van der Waals surface area (Å²) in [6.45, 7) is 0.440. The first-order chi connectivity index (χ1) is 8.58. The molecule has 1 aliphatic carbocycles. The number of nitrogens with one attached hydrogen (secondary N) is 2. The zero-order valence-electron chi connectivity index (χ0n) is 10.1. The third-order valence-electron chi connectivity index (χ3n) is 3.74. The molecule has 2 aliphatic rings. The summed E-state index contributed by atoms with van der Waals surface area (Å²) < 4.78 is 0. The van der Waals surface area contributed by atoms with E-state index in [4.69, 9.17) is 5.11 Å². The third kappa shape index (κ3) is 2.80. The highest BCUT2D eigenvalue weighted by molar-refractivity contribution is 5.86. The molecule has 6 heteroatoms. The molecule has 2 fully saturated rings. The lowest BCUT2D eigenvalue weighted by molar-refractivity contribution is -0.149. The molecule has 1 aliphatic heterocycles. The number of carboxylic acids is 1. The average molecular weight is 254 g/mol. The zero-order chi connectivity index (χ0) is 13.1. The fraction of sp³-hybridized carbons (Fsp3) is 0.750. The van der Waals surface area contributed by atoms with Gasteiger partial charge in [0.2, 0.25) is 11.8 Å². The summed E-state index contributed by atoms with van der Waals surface area (Å²) in [6.07, 6.45) is 3.23. The summed E-state index contributed by atoms with van der Waals surface area (Å²) in [4.78, 5) is 34.2. The van der Waals surface area contributed by atoms with Gasteiger partial charge in [0.15, 0.2) is 0 Å². The lowest BCUT2D eigenvalue weighted by Gasteiger charge is -2.28. The van der Waals surface area contributed by atoms with Crippen LogP contribution in [0.15, 0.2) is 0 Å². The van der Waals surface area contributed by atoms with Crippen LogP contribution in [0.25, 0.3) is 0 Å². The number of amides is 2. The first-order valence-electron chi connectivity index (χ1n) is 6.38. The normalized spacial score (nSPS) is 31.8. The SMILES string of the molecule is O=C1CC(NC(=O)[C@@H]2CCCC[C@@H]2C(=O)O)CN1. The van der Waals surface area contributed by atoms with Gasteiger partial charge in [0, 0.05) is 13.0 Å². The number of rotatable bonds is 3. The molecule has 3 atom stereocenters. The van der Waals surface area contributed by atoms with Crippen molar-refractivity contribution in [3.63, 3.8) is 0 Å². The summed E-state index contributed by atoms with van der Waals surface area (Å²) in [7, 11) is 0. The Morgan fingerprint density at radius 1 is 1.22 bits per heavy atom. The Kier molecular flexibility index (Phi) is 3.84. The van der Waals surface area contributed by atoms with Gasteiger partial charge in [0.1, 0.15) is 0 Å². The highest BCUT2D eigenvalue weighted by Gasteiger charge is 2.37. The van der Waals surface area contributed by atoms with E-state index in [1.165, 1.54) is 0 Å². The standard InChI is InChI=1S/C12H18N2O4/c15-10-5-7(6-13-10)14-11(16)8-3-1-2-4-9(8)12(17)18/h7-9H,1-6H2,(H,13,15)(H,14,16)(H,17,18)/t7?,8-,9+/m1/s1. The van der Waals surface area contributed by atoms with Gasteiger partial charge in [-0.15, -0.1) is 0 Å². The van der Waals surface area contributed by atoms with Crippen molar-refractivity contribution >= 4 is 17.8 Å². The molecule has 0 spiro atoms. The smallest absolute Gasteiger partial charge is 0.307 e. The van der Waals surface area contributed by atoms with Gasteiger partial charge in [0.05, 0.1) is 17.9 Å². The van der Waals surface area contributed by atoms with Crippen molar-refractivity contribution in [1.29, 1.82) is 0 Å². The molecule has 1 saturated heterocycles. The Labute approximate surface area is 105 Å². The predicted molar refractivity (Wildman–Crippen MR) is 62.6 cm³/mol. The van der Waals surface area contributed by atoms with Crippen LogP contribution in [-0.2, 0) is 14.4 Å². The number of hydrogen-bond acceptors (Lipinski definition) is 3. The Bertz CT molecular complexity index is 369. The Hall–Kier alpha value is -1.59.